The highest BCUT2D eigenvalue weighted by molar-refractivity contribution is 8.01. The summed E-state index contributed by atoms with van der Waals surface area (Å²) in [7, 11) is 0. The maximum Gasteiger partial charge on any atom is 0.238 e. The zero-order valence-corrected chi connectivity index (χ0v) is 16.2. The van der Waals surface area contributed by atoms with Gasteiger partial charge in [-0.15, -0.1) is 11.8 Å². The molecule has 1 heterocycles. The van der Waals surface area contributed by atoms with E-state index in [1.165, 1.54) is 11.8 Å². The molecule has 1 aliphatic rings. The van der Waals surface area contributed by atoms with Gasteiger partial charge >= 0.3 is 0 Å². The fraction of sp³-hybridized carbons (Fsp3) is 0.333. The van der Waals surface area contributed by atoms with Gasteiger partial charge in [0, 0.05) is 17.9 Å². The Morgan fingerprint density at radius 3 is 2.93 bits per heavy atom. The van der Waals surface area contributed by atoms with Crippen molar-refractivity contribution in [3.05, 3.63) is 54.1 Å². The largest absolute Gasteiger partial charge is 0.494 e. The summed E-state index contributed by atoms with van der Waals surface area (Å²) in [4.78, 5) is 25.5. The number of benzene rings is 2. The monoisotopic (exact) mass is 384 g/mol. The molecule has 27 heavy (non-hydrogen) atoms. The van der Waals surface area contributed by atoms with Gasteiger partial charge in [0.25, 0.3) is 0 Å². The number of para-hydroxylation sites is 1. The third kappa shape index (κ3) is 5.50. The number of ether oxygens (including phenoxy) is 1. The molecule has 0 saturated carbocycles. The minimum Gasteiger partial charge on any atom is -0.494 e. The molecule has 0 spiro atoms. The number of amides is 2. The van der Waals surface area contributed by atoms with Crippen molar-refractivity contribution in [2.45, 2.75) is 42.9 Å². The lowest BCUT2D eigenvalue weighted by atomic mass is 10.2. The Bertz CT molecular complexity index is 810. The Morgan fingerprint density at radius 1 is 1.22 bits per heavy atom. The summed E-state index contributed by atoms with van der Waals surface area (Å²) < 4.78 is 5.69. The molecule has 0 aromatic heterocycles. The molecule has 142 valence electrons. The Hall–Kier alpha value is -2.47. The van der Waals surface area contributed by atoms with Gasteiger partial charge in [-0.3, -0.25) is 9.59 Å². The summed E-state index contributed by atoms with van der Waals surface area (Å²) >= 11 is 1.44. The van der Waals surface area contributed by atoms with Gasteiger partial charge in [-0.05, 0) is 36.2 Å². The molecule has 5 nitrogen and oxygen atoms in total. The standard InChI is InChI=1S/C21H24N2O3S/c1-2-3-11-26-16-8-6-7-15(12-16)14-22-20(24)13-19-21(25)23-17-9-4-5-10-18(17)27-19/h4-10,12,19H,2-3,11,13-14H2,1H3,(H,22,24)(H,23,25). The zero-order valence-electron chi connectivity index (χ0n) is 15.4. The number of hydrogen-bond donors (Lipinski definition) is 2. The van der Waals surface area contributed by atoms with Crippen LogP contribution in [0.25, 0.3) is 0 Å². The van der Waals surface area contributed by atoms with E-state index in [9.17, 15) is 9.59 Å². The average Bonchev–Trinajstić information content (AvgIpc) is 2.67. The molecule has 0 saturated heterocycles. The van der Waals surface area contributed by atoms with Gasteiger partial charge in [0.2, 0.25) is 11.8 Å². The second-order valence-electron chi connectivity index (χ2n) is 6.42. The number of nitrogens with one attached hydrogen (secondary N) is 2. The van der Waals surface area contributed by atoms with Crippen LogP contribution in [0.15, 0.2) is 53.4 Å². The van der Waals surface area contributed by atoms with Gasteiger partial charge in [-0.1, -0.05) is 37.6 Å². The first-order valence-electron chi connectivity index (χ1n) is 9.20. The van der Waals surface area contributed by atoms with Crippen molar-refractivity contribution in [1.82, 2.24) is 5.32 Å². The van der Waals surface area contributed by atoms with Gasteiger partial charge in [-0.2, -0.15) is 0 Å². The van der Waals surface area contributed by atoms with Crippen LogP contribution in [0.3, 0.4) is 0 Å². The Kier molecular flexibility index (Phi) is 6.76. The van der Waals surface area contributed by atoms with Crippen molar-refractivity contribution in [2.75, 3.05) is 11.9 Å². The van der Waals surface area contributed by atoms with Crippen LogP contribution in [0.5, 0.6) is 5.75 Å². The van der Waals surface area contributed by atoms with Crippen LogP contribution in [0, 0.1) is 0 Å². The van der Waals surface area contributed by atoms with Crippen LogP contribution in [-0.2, 0) is 16.1 Å². The topological polar surface area (TPSA) is 67.4 Å². The van der Waals surface area contributed by atoms with Crippen LogP contribution in [0.2, 0.25) is 0 Å². The molecule has 2 aromatic rings. The van der Waals surface area contributed by atoms with Gasteiger partial charge < -0.3 is 15.4 Å². The molecule has 2 N–H and O–H groups in total. The summed E-state index contributed by atoms with van der Waals surface area (Å²) in [6.45, 7) is 3.24. The Balaban J connectivity index is 1.50. The first-order chi connectivity index (χ1) is 13.2. The quantitative estimate of drug-likeness (QED) is 0.676. The van der Waals surface area contributed by atoms with E-state index in [2.05, 4.69) is 17.6 Å². The molecule has 0 fully saturated rings. The number of carbonyl (C=O) groups excluding carboxylic acids is 2. The second kappa shape index (κ2) is 9.46. The molecule has 2 aromatic carbocycles. The van der Waals surface area contributed by atoms with Crippen molar-refractivity contribution in [3.63, 3.8) is 0 Å². The summed E-state index contributed by atoms with van der Waals surface area (Å²) in [5.74, 6) is 0.550. The highest BCUT2D eigenvalue weighted by atomic mass is 32.2. The average molecular weight is 385 g/mol. The van der Waals surface area contributed by atoms with Gasteiger partial charge in [0.15, 0.2) is 0 Å². The van der Waals surface area contributed by atoms with E-state index in [0.717, 1.165) is 34.7 Å². The number of unbranched alkanes of at least 4 members (excludes halogenated alkanes) is 1. The van der Waals surface area contributed by atoms with Crippen LogP contribution in [0.4, 0.5) is 5.69 Å². The lowest BCUT2D eigenvalue weighted by Gasteiger charge is -2.23. The van der Waals surface area contributed by atoms with Crippen molar-refractivity contribution in [2.24, 2.45) is 0 Å². The molecule has 1 aliphatic heterocycles. The number of carbonyl (C=O) groups is 2. The first kappa shape index (κ1) is 19.3. The normalized spacial score (nSPS) is 15.6. The fourth-order valence-electron chi connectivity index (χ4n) is 2.75. The van der Waals surface area contributed by atoms with E-state index in [1.54, 1.807) is 0 Å². The highest BCUT2D eigenvalue weighted by Gasteiger charge is 2.28. The first-order valence-corrected chi connectivity index (χ1v) is 10.1. The van der Waals surface area contributed by atoms with E-state index in [4.69, 9.17) is 4.74 Å². The summed E-state index contributed by atoms with van der Waals surface area (Å²) in [6, 6.07) is 15.4. The third-order valence-electron chi connectivity index (χ3n) is 4.23. The SMILES string of the molecule is CCCCOc1cccc(CNC(=O)CC2Sc3ccccc3NC2=O)c1. The molecule has 6 heteroatoms. The van der Waals surface area contributed by atoms with E-state index in [1.807, 2.05) is 48.5 Å². The summed E-state index contributed by atoms with van der Waals surface area (Å²) in [5, 5.41) is 5.35. The number of anilines is 1. The van der Waals surface area contributed by atoms with E-state index < -0.39 is 5.25 Å². The molecular weight excluding hydrogens is 360 g/mol. The number of hydrogen-bond acceptors (Lipinski definition) is 4. The molecule has 3 rings (SSSR count). The van der Waals surface area contributed by atoms with Gasteiger partial charge in [0.1, 0.15) is 5.75 Å². The molecule has 0 aliphatic carbocycles. The Morgan fingerprint density at radius 2 is 2.07 bits per heavy atom. The van der Waals surface area contributed by atoms with E-state index in [-0.39, 0.29) is 18.2 Å². The van der Waals surface area contributed by atoms with Gasteiger partial charge in [0.05, 0.1) is 17.5 Å². The maximum absolute atomic E-state index is 12.3. The molecule has 1 unspecified atom stereocenters. The van der Waals surface area contributed by atoms with Crippen LogP contribution < -0.4 is 15.4 Å². The van der Waals surface area contributed by atoms with E-state index >= 15 is 0 Å². The van der Waals surface area contributed by atoms with Crippen LogP contribution in [-0.4, -0.2) is 23.7 Å². The third-order valence-corrected chi connectivity index (χ3v) is 5.51. The lowest BCUT2D eigenvalue weighted by Crippen LogP contribution is -2.34. The van der Waals surface area contributed by atoms with Crippen molar-refractivity contribution >= 4 is 29.3 Å². The molecule has 0 bridgehead atoms. The highest BCUT2D eigenvalue weighted by Crippen LogP contribution is 2.36. The van der Waals surface area contributed by atoms with Gasteiger partial charge in [-0.25, -0.2) is 0 Å². The number of fused-ring (bicyclic) bond motifs is 1. The fourth-order valence-corrected chi connectivity index (χ4v) is 3.86. The summed E-state index contributed by atoms with van der Waals surface area (Å²) in [5.41, 5.74) is 1.78. The minimum atomic E-state index is -0.413. The number of rotatable bonds is 8. The Labute approximate surface area is 163 Å². The molecular formula is C21H24N2O3S. The molecule has 2 amide bonds. The van der Waals surface area contributed by atoms with Crippen LogP contribution >= 0.6 is 11.8 Å². The summed E-state index contributed by atoms with van der Waals surface area (Å²) in [6.07, 6.45) is 2.26. The minimum absolute atomic E-state index is 0.125. The maximum atomic E-state index is 12.3. The van der Waals surface area contributed by atoms with Crippen molar-refractivity contribution < 1.29 is 14.3 Å². The predicted octanol–water partition coefficient (Wildman–Crippen LogP) is 3.98. The van der Waals surface area contributed by atoms with Crippen molar-refractivity contribution in [1.29, 1.82) is 0 Å². The predicted molar refractivity (Wildman–Crippen MR) is 108 cm³/mol. The van der Waals surface area contributed by atoms with Crippen molar-refractivity contribution in [3.8, 4) is 5.75 Å². The van der Waals surface area contributed by atoms with Crippen LogP contribution in [0.1, 0.15) is 31.7 Å². The molecule has 0 radical (unpaired) electrons. The van der Waals surface area contributed by atoms with E-state index in [0.29, 0.717) is 13.2 Å². The smallest absolute Gasteiger partial charge is 0.238 e. The lowest BCUT2D eigenvalue weighted by molar-refractivity contribution is -0.124. The molecule has 1 atom stereocenters. The second-order valence-corrected chi connectivity index (χ2v) is 7.67. The number of thioether (sulfide) groups is 1. The zero-order chi connectivity index (χ0) is 19.1.